The van der Waals surface area contributed by atoms with Gasteiger partial charge in [0.1, 0.15) is 24.0 Å². The second kappa shape index (κ2) is 7.41. The Kier molecular flexibility index (Phi) is 5.30. The van der Waals surface area contributed by atoms with Crippen LogP contribution in [-0.2, 0) is 6.61 Å². The first-order valence-electron chi connectivity index (χ1n) is 6.45. The Hall–Kier alpha value is -2.38. The van der Waals surface area contributed by atoms with Gasteiger partial charge in [0, 0.05) is 18.1 Å². The molecule has 0 bridgehead atoms. The molecule has 0 aliphatic rings. The highest BCUT2D eigenvalue weighted by atomic mass is 19.1. The van der Waals surface area contributed by atoms with Gasteiger partial charge in [-0.1, -0.05) is 17.9 Å². The Morgan fingerprint density at radius 3 is 2.67 bits per heavy atom. The summed E-state index contributed by atoms with van der Waals surface area (Å²) in [5.41, 5.74) is 1.12. The number of aliphatic hydroxyl groups excluding tert-OH is 1. The molecule has 0 saturated carbocycles. The Bertz CT molecular complexity index is 672. The van der Waals surface area contributed by atoms with Crippen LogP contribution < -0.4 is 4.74 Å². The van der Waals surface area contributed by atoms with Crippen LogP contribution in [0.4, 0.5) is 8.78 Å². The average molecular weight is 288 g/mol. The number of halogens is 2. The molecule has 0 aromatic heterocycles. The van der Waals surface area contributed by atoms with E-state index in [0.717, 1.165) is 0 Å². The van der Waals surface area contributed by atoms with Gasteiger partial charge in [0.2, 0.25) is 0 Å². The molecule has 4 heteroatoms. The number of hydrogen-bond acceptors (Lipinski definition) is 2. The van der Waals surface area contributed by atoms with Crippen LogP contribution in [0.1, 0.15) is 17.5 Å². The molecule has 0 amide bonds. The van der Waals surface area contributed by atoms with Crippen LogP contribution in [0.3, 0.4) is 0 Å². The molecule has 0 heterocycles. The second-order valence-electron chi connectivity index (χ2n) is 4.37. The summed E-state index contributed by atoms with van der Waals surface area (Å²) in [4.78, 5) is 0. The van der Waals surface area contributed by atoms with Crippen molar-refractivity contribution in [1.82, 2.24) is 0 Å². The first-order chi connectivity index (χ1) is 10.2. The van der Waals surface area contributed by atoms with Crippen molar-refractivity contribution in [3.8, 4) is 17.6 Å². The highest BCUT2D eigenvalue weighted by Gasteiger charge is 2.02. The highest BCUT2D eigenvalue weighted by molar-refractivity contribution is 5.37. The molecule has 0 atom stereocenters. The third-order valence-electron chi connectivity index (χ3n) is 2.63. The third-order valence-corrected chi connectivity index (χ3v) is 2.63. The zero-order chi connectivity index (χ0) is 15.1. The van der Waals surface area contributed by atoms with Crippen LogP contribution in [0, 0.1) is 23.5 Å². The monoisotopic (exact) mass is 288 g/mol. The van der Waals surface area contributed by atoms with Gasteiger partial charge in [-0.2, -0.15) is 0 Å². The Balaban J connectivity index is 2.08. The topological polar surface area (TPSA) is 29.5 Å². The van der Waals surface area contributed by atoms with Gasteiger partial charge in [-0.05, 0) is 35.9 Å². The number of aliphatic hydroxyl groups is 1. The van der Waals surface area contributed by atoms with Crippen LogP contribution in [0.2, 0.25) is 0 Å². The standard InChI is InChI=1S/C17H14F2O2/c18-15-5-3-6-17(11-15)21-12-14-8-13(4-1-2-7-20)9-16(19)10-14/h3,5-6,8-11,20H,2,7,12H2. The Morgan fingerprint density at radius 1 is 1.05 bits per heavy atom. The lowest BCUT2D eigenvalue weighted by Crippen LogP contribution is -1.97. The van der Waals surface area contributed by atoms with Gasteiger partial charge >= 0.3 is 0 Å². The maximum absolute atomic E-state index is 13.5. The molecule has 0 fully saturated rings. The van der Waals surface area contributed by atoms with E-state index < -0.39 is 5.82 Å². The molecule has 108 valence electrons. The van der Waals surface area contributed by atoms with E-state index in [9.17, 15) is 8.78 Å². The van der Waals surface area contributed by atoms with E-state index in [0.29, 0.717) is 23.3 Å². The van der Waals surface area contributed by atoms with Crippen LogP contribution in [-0.4, -0.2) is 11.7 Å². The largest absolute Gasteiger partial charge is 0.489 e. The summed E-state index contributed by atoms with van der Waals surface area (Å²) in [7, 11) is 0. The fraction of sp³-hybridized carbons (Fsp3) is 0.176. The minimum atomic E-state index is -0.413. The lowest BCUT2D eigenvalue weighted by atomic mass is 10.1. The van der Waals surface area contributed by atoms with Crippen molar-refractivity contribution in [3.63, 3.8) is 0 Å². The smallest absolute Gasteiger partial charge is 0.126 e. The van der Waals surface area contributed by atoms with Crippen molar-refractivity contribution in [2.75, 3.05) is 6.61 Å². The average Bonchev–Trinajstić information content (AvgIpc) is 2.45. The van der Waals surface area contributed by atoms with Crippen molar-refractivity contribution in [1.29, 1.82) is 0 Å². The molecule has 21 heavy (non-hydrogen) atoms. The van der Waals surface area contributed by atoms with Gasteiger partial charge in [0.05, 0.1) is 6.61 Å². The Morgan fingerprint density at radius 2 is 1.90 bits per heavy atom. The summed E-state index contributed by atoms with van der Waals surface area (Å²) in [5.74, 6) is 5.08. The number of hydrogen-bond donors (Lipinski definition) is 1. The summed E-state index contributed by atoms with van der Waals surface area (Å²) >= 11 is 0. The van der Waals surface area contributed by atoms with Gasteiger partial charge in [-0.15, -0.1) is 0 Å². The van der Waals surface area contributed by atoms with Crippen LogP contribution >= 0.6 is 0 Å². The van der Waals surface area contributed by atoms with Crippen molar-refractivity contribution < 1.29 is 18.6 Å². The first kappa shape index (κ1) is 15.0. The predicted octanol–water partition coefficient (Wildman–Crippen LogP) is 3.28. The van der Waals surface area contributed by atoms with E-state index in [2.05, 4.69) is 11.8 Å². The SMILES string of the molecule is OCCC#Cc1cc(F)cc(COc2cccc(F)c2)c1. The van der Waals surface area contributed by atoms with Gasteiger partial charge in [0.25, 0.3) is 0 Å². The van der Waals surface area contributed by atoms with Crippen molar-refractivity contribution in [3.05, 3.63) is 65.2 Å². The van der Waals surface area contributed by atoms with E-state index in [4.69, 9.17) is 9.84 Å². The summed E-state index contributed by atoms with van der Waals surface area (Å²) < 4.78 is 31.9. The molecule has 2 aromatic rings. The van der Waals surface area contributed by atoms with E-state index in [1.165, 1.54) is 24.3 Å². The zero-order valence-corrected chi connectivity index (χ0v) is 11.3. The van der Waals surface area contributed by atoms with E-state index in [1.807, 2.05) is 0 Å². The number of rotatable bonds is 4. The van der Waals surface area contributed by atoms with E-state index >= 15 is 0 Å². The van der Waals surface area contributed by atoms with Crippen LogP contribution in [0.15, 0.2) is 42.5 Å². The van der Waals surface area contributed by atoms with E-state index in [1.54, 1.807) is 18.2 Å². The minimum absolute atomic E-state index is 0.0299. The summed E-state index contributed by atoms with van der Waals surface area (Å²) in [6.07, 6.45) is 0.339. The number of ether oxygens (including phenoxy) is 1. The molecular weight excluding hydrogens is 274 g/mol. The molecule has 2 aromatic carbocycles. The van der Waals surface area contributed by atoms with Crippen LogP contribution in [0.5, 0.6) is 5.75 Å². The van der Waals surface area contributed by atoms with Gasteiger partial charge < -0.3 is 9.84 Å². The van der Waals surface area contributed by atoms with Crippen molar-refractivity contribution in [2.24, 2.45) is 0 Å². The minimum Gasteiger partial charge on any atom is -0.489 e. The molecule has 2 nitrogen and oxygen atoms in total. The normalized spacial score (nSPS) is 9.86. The molecule has 0 spiro atoms. The summed E-state index contributed by atoms with van der Waals surface area (Å²) in [5, 5.41) is 8.66. The predicted molar refractivity (Wildman–Crippen MR) is 75.7 cm³/mol. The second-order valence-corrected chi connectivity index (χ2v) is 4.37. The molecule has 1 N–H and O–H groups in total. The molecule has 0 unspecified atom stereocenters. The molecule has 0 radical (unpaired) electrons. The van der Waals surface area contributed by atoms with Gasteiger partial charge in [-0.3, -0.25) is 0 Å². The first-order valence-corrected chi connectivity index (χ1v) is 6.45. The highest BCUT2D eigenvalue weighted by Crippen LogP contribution is 2.15. The zero-order valence-electron chi connectivity index (χ0n) is 11.3. The lowest BCUT2D eigenvalue weighted by molar-refractivity contribution is 0.304. The fourth-order valence-electron chi connectivity index (χ4n) is 1.75. The van der Waals surface area contributed by atoms with Crippen molar-refractivity contribution in [2.45, 2.75) is 13.0 Å². The van der Waals surface area contributed by atoms with E-state index in [-0.39, 0.29) is 19.0 Å². The third kappa shape index (κ3) is 4.90. The molecule has 0 aliphatic carbocycles. The summed E-state index contributed by atoms with van der Waals surface area (Å²) in [6.45, 7) is 0.0910. The quantitative estimate of drug-likeness (QED) is 0.875. The summed E-state index contributed by atoms with van der Waals surface area (Å²) in [6, 6.07) is 10.1. The van der Waals surface area contributed by atoms with Gasteiger partial charge in [-0.25, -0.2) is 8.78 Å². The lowest BCUT2D eigenvalue weighted by Gasteiger charge is -2.07. The molecule has 0 saturated heterocycles. The molecule has 0 aliphatic heterocycles. The maximum atomic E-state index is 13.5. The molecular formula is C17H14F2O2. The fourth-order valence-corrected chi connectivity index (χ4v) is 1.75. The Labute approximate surface area is 122 Å². The molecule has 2 rings (SSSR count). The maximum Gasteiger partial charge on any atom is 0.126 e. The van der Waals surface area contributed by atoms with Crippen molar-refractivity contribution >= 4 is 0 Å². The van der Waals surface area contributed by atoms with Crippen LogP contribution in [0.25, 0.3) is 0 Å². The number of benzene rings is 2. The van der Waals surface area contributed by atoms with Gasteiger partial charge in [0.15, 0.2) is 0 Å².